The molecule has 0 spiro atoms. The van der Waals surface area contributed by atoms with Gasteiger partial charge >= 0.3 is 0 Å². The highest BCUT2D eigenvalue weighted by atomic mass is 32.1. The molecule has 1 N–H and O–H groups in total. The van der Waals surface area contributed by atoms with Gasteiger partial charge in [0.15, 0.2) is 0 Å². The third-order valence-corrected chi connectivity index (χ3v) is 4.78. The van der Waals surface area contributed by atoms with Gasteiger partial charge in [-0.25, -0.2) is 4.98 Å². The Bertz CT molecular complexity index is 544. The van der Waals surface area contributed by atoms with Crippen molar-refractivity contribution in [3.63, 3.8) is 0 Å². The maximum atomic E-state index is 4.59. The molecule has 2 rings (SSSR count). The summed E-state index contributed by atoms with van der Waals surface area (Å²) in [6, 6.07) is 0.317. The lowest BCUT2D eigenvalue weighted by atomic mass is 10.1. The van der Waals surface area contributed by atoms with Crippen LogP contribution in [-0.4, -0.2) is 21.3 Å². The third-order valence-electron chi connectivity index (χ3n) is 3.77. The Balaban J connectivity index is 2.02. The lowest BCUT2D eigenvalue weighted by Crippen LogP contribution is -2.24. The van der Waals surface area contributed by atoms with Crippen LogP contribution in [0.25, 0.3) is 0 Å². The lowest BCUT2D eigenvalue weighted by molar-refractivity contribution is 0.531. The van der Waals surface area contributed by atoms with Gasteiger partial charge in [0.2, 0.25) is 0 Å². The summed E-state index contributed by atoms with van der Waals surface area (Å²) in [5.41, 5.74) is 3.73. The van der Waals surface area contributed by atoms with Gasteiger partial charge in [-0.15, -0.1) is 11.3 Å². The molecule has 20 heavy (non-hydrogen) atoms. The van der Waals surface area contributed by atoms with Crippen LogP contribution in [0.15, 0.2) is 11.6 Å². The van der Waals surface area contributed by atoms with Crippen molar-refractivity contribution in [3.05, 3.63) is 33.5 Å². The maximum absolute atomic E-state index is 4.59. The second kappa shape index (κ2) is 6.50. The Morgan fingerprint density at radius 3 is 2.65 bits per heavy atom. The van der Waals surface area contributed by atoms with Gasteiger partial charge in [-0.05, 0) is 27.7 Å². The number of rotatable bonds is 6. The molecule has 0 saturated carbocycles. The number of nitrogens with one attached hydrogen (secondary N) is 1. The van der Waals surface area contributed by atoms with Crippen LogP contribution in [-0.2, 0) is 6.54 Å². The second-order valence-corrected chi connectivity index (χ2v) is 6.23. The van der Waals surface area contributed by atoms with Crippen molar-refractivity contribution in [2.75, 3.05) is 6.54 Å². The molecule has 2 atom stereocenters. The molecule has 110 valence electrons. The molecule has 0 amide bonds. The van der Waals surface area contributed by atoms with E-state index in [9.17, 15) is 0 Å². The van der Waals surface area contributed by atoms with Gasteiger partial charge in [0.1, 0.15) is 0 Å². The van der Waals surface area contributed by atoms with Gasteiger partial charge in [-0.2, -0.15) is 5.10 Å². The van der Waals surface area contributed by atoms with Crippen molar-refractivity contribution < 1.29 is 0 Å². The van der Waals surface area contributed by atoms with Gasteiger partial charge in [-0.1, -0.05) is 6.92 Å². The summed E-state index contributed by atoms with van der Waals surface area (Å²) in [6.07, 6.45) is 1.87. The van der Waals surface area contributed by atoms with Gasteiger partial charge in [0.25, 0.3) is 0 Å². The normalized spacial score (nSPS) is 14.4. The van der Waals surface area contributed by atoms with Crippen molar-refractivity contribution >= 4 is 11.3 Å². The van der Waals surface area contributed by atoms with E-state index in [0.717, 1.165) is 18.8 Å². The number of nitrogens with zero attached hydrogens (tertiary/aromatic N) is 3. The number of thiazole rings is 1. The van der Waals surface area contributed by atoms with Gasteiger partial charge in [-0.3, -0.25) is 4.68 Å². The van der Waals surface area contributed by atoms with Gasteiger partial charge in [0.05, 0.1) is 10.7 Å². The van der Waals surface area contributed by atoms with E-state index < -0.39 is 0 Å². The maximum Gasteiger partial charge on any atom is 0.0965 e. The van der Waals surface area contributed by atoms with Crippen molar-refractivity contribution in [2.24, 2.45) is 0 Å². The lowest BCUT2D eigenvalue weighted by Gasteiger charge is -2.17. The number of hydrogen-bond donors (Lipinski definition) is 1. The van der Waals surface area contributed by atoms with Crippen molar-refractivity contribution in [1.82, 2.24) is 20.1 Å². The van der Waals surface area contributed by atoms with Crippen LogP contribution in [0.1, 0.15) is 54.7 Å². The molecule has 0 aromatic carbocycles. The second-order valence-electron chi connectivity index (χ2n) is 5.30. The Labute approximate surface area is 125 Å². The quantitative estimate of drug-likeness (QED) is 0.887. The van der Waals surface area contributed by atoms with Crippen molar-refractivity contribution in [2.45, 2.75) is 53.1 Å². The molecule has 2 aromatic heterocycles. The first kappa shape index (κ1) is 15.2. The van der Waals surface area contributed by atoms with Crippen LogP contribution < -0.4 is 5.32 Å². The first-order chi connectivity index (χ1) is 9.54. The Hall–Kier alpha value is -1.20. The van der Waals surface area contributed by atoms with Crippen LogP contribution in [0.2, 0.25) is 0 Å². The highest BCUT2D eigenvalue weighted by Crippen LogP contribution is 2.23. The molecule has 0 bridgehead atoms. The molecular weight excluding hydrogens is 268 g/mol. The van der Waals surface area contributed by atoms with E-state index in [1.165, 1.54) is 16.3 Å². The molecule has 0 radical (unpaired) electrons. The summed E-state index contributed by atoms with van der Waals surface area (Å²) < 4.78 is 2.08. The van der Waals surface area contributed by atoms with Crippen LogP contribution in [0, 0.1) is 13.8 Å². The minimum Gasteiger partial charge on any atom is -0.309 e. The zero-order chi connectivity index (χ0) is 14.7. The molecule has 0 fully saturated rings. The van der Waals surface area contributed by atoms with E-state index in [1.54, 1.807) is 11.3 Å². The average molecular weight is 292 g/mol. The summed E-state index contributed by atoms with van der Waals surface area (Å²) in [5.74, 6) is 0.444. The molecule has 2 heterocycles. The Morgan fingerprint density at radius 2 is 2.10 bits per heavy atom. The fourth-order valence-corrected chi connectivity index (χ4v) is 3.36. The number of aromatic nitrogens is 3. The first-order valence-corrected chi connectivity index (χ1v) is 8.09. The van der Waals surface area contributed by atoms with E-state index in [0.29, 0.717) is 12.0 Å². The van der Waals surface area contributed by atoms with E-state index >= 15 is 0 Å². The van der Waals surface area contributed by atoms with Crippen molar-refractivity contribution in [3.8, 4) is 0 Å². The predicted molar refractivity (Wildman–Crippen MR) is 84.3 cm³/mol. The van der Waals surface area contributed by atoms with Gasteiger partial charge in [0, 0.05) is 47.9 Å². The van der Waals surface area contributed by atoms with Gasteiger partial charge < -0.3 is 5.32 Å². The Kier molecular flexibility index (Phi) is 4.94. The summed E-state index contributed by atoms with van der Waals surface area (Å²) in [4.78, 5) is 4.38. The molecule has 0 aliphatic carbocycles. The summed E-state index contributed by atoms with van der Waals surface area (Å²) >= 11 is 1.72. The fraction of sp³-hybridized carbons (Fsp3) is 0.600. The molecular formula is C15H24N4S. The average Bonchev–Trinajstić information content (AvgIpc) is 3.04. The smallest absolute Gasteiger partial charge is 0.0965 e. The van der Waals surface area contributed by atoms with Crippen LogP contribution >= 0.6 is 11.3 Å². The number of hydrogen-bond acceptors (Lipinski definition) is 4. The SMILES string of the molecule is CCn1nc(C)c(C(C)NCC(C)c2nccs2)c1C. The Morgan fingerprint density at radius 1 is 1.35 bits per heavy atom. The zero-order valence-corrected chi connectivity index (χ0v) is 13.8. The summed E-state index contributed by atoms with van der Waals surface area (Å²) in [7, 11) is 0. The van der Waals surface area contributed by atoms with E-state index in [2.05, 4.69) is 54.7 Å². The highest BCUT2D eigenvalue weighted by Gasteiger charge is 2.18. The number of aryl methyl sites for hydroxylation is 2. The molecule has 0 aliphatic heterocycles. The fourth-order valence-electron chi connectivity index (χ4n) is 2.67. The third kappa shape index (κ3) is 3.10. The van der Waals surface area contributed by atoms with E-state index in [4.69, 9.17) is 0 Å². The zero-order valence-electron chi connectivity index (χ0n) is 13.0. The molecule has 4 nitrogen and oxygen atoms in total. The largest absolute Gasteiger partial charge is 0.309 e. The standard InChI is InChI=1S/C15H24N4S/c1-6-19-13(5)14(12(4)18-19)11(3)17-9-10(2)15-16-7-8-20-15/h7-8,10-11,17H,6,9H2,1-5H3. The monoisotopic (exact) mass is 292 g/mol. The van der Waals surface area contributed by atoms with Crippen LogP contribution in [0.5, 0.6) is 0 Å². The van der Waals surface area contributed by atoms with Crippen LogP contribution in [0.4, 0.5) is 0 Å². The highest BCUT2D eigenvalue weighted by molar-refractivity contribution is 7.09. The molecule has 0 aliphatic rings. The molecule has 2 aromatic rings. The molecule has 2 unspecified atom stereocenters. The minimum atomic E-state index is 0.317. The minimum absolute atomic E-state index is 0.317. The topological polar surface area (TPSA) is 42.7 Å². The molecule has 0 saturated heterocycles. The summed E-state index contributed by atoms with van der Waals surface area (Å²) in [5, 5.41) is 11.4. The summed E-state index contributed by atoms with van der Waals surface area (Å²) in [6.45, 7) is 12.7. The van der Waals surface area contributed by atoms with E-state index in [1.807, 2.05) is 11.6 Å². The van der Waals surface area contributed by atoms with Crippen molar-refractivity contribution in [1.29, 1.82) is 0 Å². The first-order valence-electron chi connectivity index (χ1n) is 7.21. The predicted octanol–water partition coefficient (Wildman–Crippen LogP) is 3.43. The van der Waals surface area contributed by atoms with E-state index in [-0.39, 0.29) is 0 Å². The van der Waals surface area contributed by atoms with Crippen LogP contribution in [0.3, 0.4) is 0 Å². The molecule has 5 heteroatoms.